The molecule has 1 aromatic carbocycles. The molecule has 16 heavy (non-hydrogen) atoms. The van der Waals surface area contributed by atoms with Crippen molar-refractivity contribution in [3.8, 4) is 0 Å². The summed E-state index contributed by atoms with van der Waals surface area (Å²) < 4.78 is 5.34. The Kier molecular flexibility index (Phi) is 5.77. The Labute approximate surface area is 102 Å². The number of halogens is 1. The number of rotatable bonds is 3. The number of benzene rings is 1. The summed E-state index contributed by atoms with van der Waals surface area (Å²) in [5.74, 6) is 0. The van der Waals surface area contributed by atoms with Gasteiger partial charge in [-0.1, -0.05) is 30.3 Å². The third-order valence-corrected chi connectivity index (χ3v) is 2.79. The molecule has 90 valence electrons. The summed E-state index contributed by atoms with van der Waals surface area (Å²) in [6, 6.07) is 10.5. The molecular weight excluding hydrogens is 226 g/mol. The van der Waals surface area contributed by atoms with Gasteiger partial charge >= 0.3 is 0 Å². The lowest BCUT2D eigenvalue weighted by Gasteiger charge is -2.34. The van der Waals surface area contributed by atoms with Crippen molar-refractivity contribution >= 4 is 12.4 Å². The van der Waals surface area contributed by atoms with Crippen molar-refractivity contribution in [2.45, 2.75) is 12.6 Å². The molecule has 0 aromatic heterocycles. The van der Waals surface area contributed by atoms with Gasteiger partial charge in [0.25, 0.3) is 0 Å². The predicted octanol–water partition coefficient (Wildman–Crippen LogP) is 1.30. The summed E-state index contributed by atoms with van der Waals surface area (Å²) in [4.78, 5) is 2.28. The monoisotopic (exact) mass is 243 g/mol. The van der Waals surface area contributed by atoms with Gasteiger partial charge in [0.15, 0.2) is 0 Å². The summed E-state index contributed by atoms with van der Waals surface area (Å²) in [5.41, 5.74) is 1.29. The minimum Gasteiger partial charge on any atom is -0.395 e. The fourth-order valence-electron chi connectivity index (χ4n) is 1.88. The van der Waals surface area contributed by atoms with Crippen molar-refractivity contribution in [1.82, 2.24) is 4.90 Å². The van der Waals surface area contributed by atoms with E-state index in [0.717, 1.165) is 19.7 Å². The molecule has 0 amide bonds. The Morgan fingerprint density at radius 2 is 2.06 bits per heavy atom. The Hall–Kier alpha value is -0.610. The molecule has 1 saturated heterocycles. The normalized spacial score (nSPS) is 21.4. The third-order valence-electron chi connectivity index (χ3n) is 2.79. The highest BCUT2D eigenvalue weighted by Gasteiger charge is 2.21. The molecule has 0 bridgehead atoms. The number of aliphatic hydroxyl groups excluding tert-OH is 1. The van der Waals surface area contributed by atoms with E-state index in [-0.39, 0.29) is 25.1 Å². The highest BCUT2D eigenvalue weighted by Crippen LogP contribution is 2.11. The largest absolute Gasteiger partial charge is 0.395 e. The summed E-state index contributed by atoms with van der Waals surface area (Å²) in [6.07, 6.45) is 0. The predicted molar refractivity (Wildman–Crippen MR) is 65.8 cm³/mol. The first-order chi connectivity index (χ1) is 7.40. The van der Waals surface area contributed by atoms with Crippen molar-refractivity contribution in [3.05, 3.63) is 35.9 Å². The molecule has 1 heterocycles. The van der Waals surface area contributed by atoms with Crippen molar-refractivity contribution in [3.63, 3.8) is 0 Å². The van der Waals surface area contributed by atoms with Crippen LogP contribution in [-0.2, 0) is 11.3 Å². The maximum Gasteiger partial charge on any atom is 0.0644 e. The molecule has 1 aliphatic rings. The minimum absolute atomic E-state index is 0. The average molecular weight is 244 g/mol. The van der Waals surface area contributed by atoms with E-state index in [9.17, 15) is 5.11 Å². The van der Waals surface area contributed by atoms with Crippen molar-refractivity contribution < 1.29 is 9.84 Å². The Morgan fingerprint density at radius 1 is 1.31 bits per heavy atom. The lowest BCUT2D eigenvalue weighted by Crippen LogP contribution is -2.46. The first-order valence-electron chi connectivity index (χ1n) is 5.36. The van der Waals surface area contributed by atoms with Gasteiger partial charge < -0.3 is 9.84 Å². The van der Waals surface area contributed by atoms with Gasteiger partial charge in [0.05, 0.1) is 25.9 Å². The number of aliphatic hydroxyl groups is 1. The van der Waals surface area contributed by atoms with Crippen LogP contribution in [0.15, 0.2) is 30.3 Å². The van der Waals surface area contributed by atoms with Gasteiger partial charge in [0.1, 0.15) is 0 Å². The molecule has 0 aliphatic carbocycles. The lowest BCUT2D eigenvalue weighted by molar-refractivity contribution is -0.0312. The zero-order valence-corrected chi connectivity index (χ0v) is 10.0. The van der Waals surface area contributed by atoms with Crippen LogP contribution in [-0.4, -0.2) is 42.4 Å². The number of hydrogen-bond acceptors (Lipinski definition) is 3. The molecule has 1 unspecified atom stereocenters. The average Bonchev–Trinajstić information content (AvgIpc) is 2.31. The molecule has 0 radical (unpaired) electrons. The Balaban J connectivity index is 0.00000128. The topological polar surface area (TPSA) is 32.7 Å². The van der Waals surface area contributed by atoms with E-state index in [1.165, 1.54) is 5.56 Å². The van der Waals surface area contributed by atoms with Gasteiger partial charge in [-0.25, -0.2) is 0 Å². The van der Waals surface area contributed by atoms with Crippen LogP contribution in [0.25, 0.3) is 0 Å². The molecule has 4 heteroatoms. The first-order valence-corrected chi connectivity index (χ1v) is 5.36. The van der Waals surface area contributed by atoms with E-state index in [2.05, 4.69) is 17.0 Å². The quantitative estimate of drug-likeness (QED) is 0.869. The highest BCUT2D eigenvalue weighted by molar-refractivity contribution is 5.85. The second kappa shape index (κ2) is 6.86. The molecule has 0 saturated carbocycles. The van der Waals surface area contributed by atoms with Gasteiger partial charge in [-0.05, 0) is 5.56 Å². The van der Waals surface area contributed by atoms with Crippen LogP contribution in [0.2, 0.25) is 0 Å². The van der Waals surface area contributed by atoms with Crippen molar-refractivity contribution in [2.24, 2.45) is 0 Å². The second-order valence-corrected chi connectivity index (χ2v) is 3.87. The molecule has 1 aliphatic heterocycles. The van der Waals surface area contributed by atoms with Gasteiger partial charge in [-0.15, -0.1) is 12.4 Å². The molecule has 1 atom stereocenters. The number of ether oxygens (including phenoxy) is 1. The van der Waals surface area contributed by atoms with Crippen LogP contribution in [0.1, 0.15) is 5.56 Å². The van der Waals surface area contributed by atoms with Crippen LogP contribution in [0.3, 0.4) is 0 Å². The summed E-state index contributed by atoms with van der Waals surface area (Å²) >= 11 is 0. The van der Waals surface area contributed by atoms with E-state index >= 15 is 0 Å². The van der Waals surface area contributed by atoms with Gasteiger partial charge in [-0.3, -0.25) is 4.90 Å². The third kappa shape index (κ3) is 3.46. The smallest absolute Gasteiger partial charge is 0.0644 e. The molecule has 1 aromatic rings. The fraction of sp³-hybridized carbons (Fsp3) is 0.500. The maximum atomic E-state index is 9.22. The number of hydrogen-bond donors (Lipinski definition) is 1. The Bertz CT molecular complexity index is 294. The summed E-state index contributed by atoms with van der Waals surface area (Å²) in [6.45, 7) is 3.38. The molecule has 1 fully saturated rings. The van der Waals surface area contributed by atoms with Gasteiger partial charge in [-0.2, -0.15) is 0 Å². The fourth-order valence-corrected chi connectivity index (χ4v) is 1.88. The van der Waals surface area contributed by atoms with Gasteiger partial charge in [0.2, 0.25) is 0 Å². The van der Waals surface area contributed by atoms with Crippen molar-refractivity contribution in [2.75, 3.05) is 26.4 Å². The van der Waals surface area contributed by atoms with E-state index in [0.29, 0.717) is 6.61 Å². The summed E-state index contributed by atoms with van der Waals surface area (Å²) in [5, 5.41) is 9.22. The first kappa shape index (κ1) is 13.5. The Morgan fingerprint density at radius 3 is 2.75 bits per heavy atom. The molecule has 1 N–H and O–H groups in total. The number of nitrogens with zero attached hydrogens (tertiary/aromatic N) is 1. The van der Waals surface area contributed by atoms with Crippen molar-refractivity contribution in [1.29, 1.82) is 0 Å². The lowest BCUT2D eigenvalue weighted by atomic mass is 10.1. The molecule has 2 rings (SSSR count). The highest BCUT2D eigenvalue weighted by atomic mass is 35.5. The maximum absolute atomic E-state index is 9.22. The SMILES string of the molecule is Cl.OCC1COCCN1Cc1ccccc1. The van der Waals surface area contributed by atoms with Crippen LogP contribution in [0.5, 0.6) is 0 Å². The van der Waals surface area contributed by atoms with E-state index in [4.69, 9.17) is 4.74 Å². The van der Waals surface area contributed by atoms with E-state index in [1.807, 2.05) is 18.2 Å². The summed E-state index contributed by atoms with van der Waals surface area (Å²) in [7, 11) is 0. The molecular formula is C12H18ClNO2. The van der Waals surface area contributed by atoms with Gasteiger partial charge in [0, 0.05) is 13.1 Å². The molecule has 0 spiro atoms. The van der Waals surface area contributed by atoms with Crippen LogP contribution in [0, 0.1) is 0 Å². The second-order valence-electron chi connectivity index (χ2n) is 3.87. The zero-order chi connectivity index (χ0) is 10.5. The van der Waals surface area contributed by atoms with E-state index < -0.39 is 0 Å². The number of morpholine rings is 1. The van der Waals surface area contributed by atoms with Crippen LogP contribution >= 0.6 is 12.4 Å². The molecule has 3 nitrogen and oxygen atoms in total. The van der Waals surface area contributed by atoms with Crippen LogP contribution < -0.4 is 0 Å². The van der Waals surface area contributed by atoms with Crippen LogP contribution in [0.4, 0.5) is 0 Å². The standard InChI is InChI=1S/C12H17NO2.ClH/c14-9-12-10-15-7-6-13(12)8-11-4-2-1-3-5-11;/h1-5,12,14H,6-10H2;1H. The zero-order valence-electron chi connectivity index (χ0n) is 9.21. The minimum atomic E-state index is 0. The van der Waals surface area contributed by atoms with E-state index in [1.54, 1.807) is 0 Å².